The number of carbonyl (C=O) groups is 2. The fraction of sp³-hybridized carbons (Fsp3) is 0.0909. The number of hydrogen-bond acceptors (Lipinski definition) is 7. The molecule has 0 aliphatic carbocycles. The van der Waals surface area contributed by atoms with Crippen molar-refractivity contribution >= 4 is 51.1 Å². The molecule has 0 aliphatic heterocycles. The molecule has 6 aromatic rings. The average molecular weight is 614 g/mol. The molecule has 0 saturated carbocycles. The molecule has 0 radical (unpaired) electrons. The molecule has 0 unspecified atom stereocenters. The van der Waals surface area contributed by atoms with E-state index in [2.05, 4.69) is 27.8 Å². The molecule has 1 amide bonds. The lowest BCUT2D eigenvalue weighted by molar-refractivity contribution is -0.192. The number of aliphatic carboxylic acids is 1. The minimum absolute atomic E-state index is 0.166. The number of amides is 1. The lowest BCUT2D eigenvalue weighted by Gasteiger charge is -2.09. The number of halogens is 3. The van der Waals surface area contributed by atoms with Crippen LogP contribution in [0, 0.1) is 0 Å². The number of nitrogens with zero attached hydrogens (tertiary/aromatic N) is 2. The topological polar surface area (TPSA) is 143 Å². The third-order valence-electron chi connectivity index (χ3n) is 6.60. The highest BCUT2D eigenvalue weighted by molar-refractivity contribution is 6.09. The molecular formula is C33H26F3N5O4. The molecule has 0 aliphatic rings. The molecule has 2 heterocycles. The average Bonchev–Trinajstić information content (AvgIpc) is 3.41. The first-order chi connectivity index (χ1) is 21.6. The second kappa shape index (κ2) is 13.3. The molecule has 0 atom stereocenters. The van der Waals surface area contributed by atoms with Gasteiger partial charge in [-0.15, -0.1) is 0 Å². The van der Waals surface area contributed by atoms with Crippen LogP contribution in [0.5, 0.6) is 0 Å². The van der Waals surface area contributed by atoms with Crippen molar-refractivity contribution in [3.8, 4) is 11.3 Å². The maximum absolute atomic E-state index is 12.7. The Morgan fingerprint density at radius 1 is 0.867 bits per heavy atom. The number of nitrogens with two attached hydrogens (primary N) is 1. The summed E-state index contributed by atoms with van der Waals surface area (Å²) in [6.45, 7) is 0.543. The van der Waals surface area contributed by atoms with Gasteiger partial charge in [0.1, 0.15) is 11.2 Å². The lowest BCUT2D eigenvalue weighted by atomic mass is 10.1. The van der Waals surface area contributed by atoms with Crippen molar-refractivity contribution in [2.75, 3.05) is 17.2 Å². The van der Waals surface area contributed by atoms with Gasteiger partial charge in [0.05, 0.1) is 5.69 Å². The minimum Gasteiger partial charge on any atom is -0.475 e. The standard InChI is InChI=1S/C31H25N5O2.C2HF3O2/c32-17-15-20-5-3-6-21(19-20)30(37)34-22-11-13-23(14-12-22)35-31-33-18-16-27(36-31)26-9-4-8-25-24-7-1-2-10-28(24)38-29(25)26;3-2(4,5)1(6)7/h1-14,16,18-19H,15,17,32H2,(H,34,37)(H,33,35,36);(H,6,7). The smallest absolute Gasteiger partial charge is 0.475 e. The maximum atomic E-state index is 12.7. The van der Waals surface area contributed by atoms with Crippen LogP contribution in [0.25, 0.3) is 33.2 Å². The van der Waals surface area contributed by atoms with Crippen molar-refractivity contribution in [2.24, 2.45) is 5.73 Å². The number of fused-ring (bicyclic) bond motifs is 3. The summed E-state index contributed by atoms with van der Waals surface area (Å²) in [5, 5.41) is 15.4. The Bertz CT molecular complexity index is 1970. The fourth-order valence-electron chi connectivity index (χ4n) is 4.52. The van der Waals surface area contributed by atoms with Crippen molar-refractivity contribution < 1.29 is 32.3 Å². The van der Waals surface area contributed by atoms with Crippen molar-refractivity contribution in [3.05, 3.63) is 114 Å². The highest BCUT2D eigenvalue weighted by Gasteiger charge is 2.38. The zero-order valence-electron chi connectivity index (χ0n) is 23.5. The van der Waals surface area contributed by atoms with Gasteiger partial charge in [-0.05, 0) is 73.1 Å². The van der Waals surface area contributed by atoms with Gasteiger partial charge in [0, 0.05) is 39.5 Å². The third kappa shape index (κ3) is 7.43. The van der Waals surface area contributed by atoms with E-state index in [1.807, 2.05) is 78.9 Å². The number of anilines is 3. The van der Waals surface area contributed by atoms with Crippen molar-refractivity contribution in [1.29, 1.82) is 0 Å². The molecule has 0 saturated heterocycles. The molecular weight excluding hydrogens is 587 g/mol. The Morgan fingerprint density at radius 3 is 2.29 bits per heavy atom. The van der Waals surface area contributed by atoms with E-state index in [-0.39, 0.29) is 5.91 Å². The zero-order valence-corrected chi connectivity index (χ0v) is 23.5. The SMILES string of the molecule is NCCc1cccc(C(=O)Nc2ccc(Nc3nccc(-c4cccc5c4oc4ccccc45)n3)cc2)c1.O=C(O)C(F)(F)F. The van der Waals surface area contributed by atoms with E-state index in [0.717, 1.165) is 50.9 Å². The monoisotopic (exact) mass is 613 g/mol. The second-order valence-electron chi connectivity index (χ2n) is 9.74. The number of benzene rings is 4. The van der Waals surface area contributed by atoms with Gasteiger partial charge in [-0.3, -0.25) is 4.79 Å². The van der Waals surface area contributed by atoms with Crippen LogP contribution in [0.2, 0.25) is 0 Å². The Kier molecular flexibility index (Phi) is 9.05. The largest absolute Gasteiger partial charge is 0.490 e. The molecule has 9 nitrogen and oxygen atoms in total. The molecule has 0 spiro atoms. The van der Waals surface area contributed by atoms with Crippen molar-refractivity contribution in [3.63, 3.8) is 0 Å². The Morgan fingerprint density at radius 2 is 1.56 bits per heavy atom. The van der Waals surface area contributed by atoms with E-state index >= 15 is 0 Å². The van der Waals surface area contributed by atoms with Crippen LogP contribution in [-0.4, -0.2) is 39.7 Å². The summed E-state index contributed by atoms with van der Waals surface area (Å²) in [6.07, 6.45) is -2.63. The van der Waals surface area contributed by atoms with E-state index in [1.165, 1.54) is 0 Å². The van der Waals surface area contributed by atoms with Crippen LogP contribution in [0.3, 0.4) is 0 Å². The summed E-state index contributed by atoms with van der Waals surface area (Å²) in [7, 11) is 0. The number of nitrogens with one attached hydrogen (secondary N) is 2. The van der Waals surface area contributed by atoms with Crippen molar-refractivity contribution in [1.82, 2.24) is 9.97 Å². The summed E-state index contributed by atoms with van der Waals surface area (Å²) in [4.78, 5) is 30.7. The molecule has 228 valence electrons. The predicted molar refractivity (Wildman–Crippen MR) is 165 cm³/mol. The van der Waals surface area contributed by atoms with Gasteiger partial charge >= 0.3 is 12.1 Å². The number of aromatic nitrogens is 2. The normalized spacial score (nSPS) is 11.1. The Hall–Kier alpha value is -5.75. The summed E-state index contributed by atoms with van der Waals surface area (Å²) in [5.41, 5.74) is 12.1. The molecule has 6 rings (SSSR count). The van der Waals surface area contributed by atoms with Gasteiger partial charge in [-0.25, -0.2) is 14.8 Å². The van der Waals surface area contributed by atoms with E-state index in [0.29, 0.717) is 23.7 Å². The molecule has 0 bridgehead atoms. The number of para-hydroxylation sites is 2. The Balaban J connectivity index is 0.000000515. The molecule has 45 heavy (non-hydrogen) atoms. The van der Waals surface area contributed by atoms with Gasteiger partial charge in [0.25, 0.3) is 5.91 Å². The Labute approximate surface area is 254 Å². The first-order valence-electron chi connectivity index (χ1n) is 13.6. The number of rotatable bonds is 7. The lowest BCUT2D eigenvalue weighted by Crippen LogP contribution is -2.21. The number of furan rings is 1. The van der Waals surface area contributed by atoms with E-state index in [9.17, 15) is 18.0 Å². The quantitative estimate of drug-likeness (QED) is 0.148. The van der Waals surface area contributed by atoms with Crippen LogP contribution in [-0.2, 0) is 11.2 Å². The van der Waals surface area contributed by atoms with E-state index in [1.54, 1.807) is 12.3 Å². The van der Waals surface area contributed by atoms with Crippen LogP contribution in [0.15, 0.2) is 108 Å². The van der Waals surface area contributed by atoms with Crippen molar-refractivity contribution in [2.45, 2.75) is 12.6 Å². The van der Waals surface area contributed by atoms with Gasteiger partial charge in [-0.1, -0.05) is 42.5 Å². The number of carboxylic acids is 1. The predicted octanol–water partition coefficient (Wildman–Crippen LogP) is 7.17. The summed E-state index contributed by atoms with van der Waals surface area (Å²) in [6, 6.07) is 30.9. The zero-order chi connectivity index (χ0) is 32.0. The van der Waals surface area contributed by atoms with Crippen LogP contribution >= 0.6 is 0 Å². The molecule has 2 aromatic heterocycles. The van der Waals surface area contributed by atoms with Gasteiger partial charge in [0.15, 0.2) is 0 Å². The van der Waals surface area contributed by atoms with E-state index < -0.39 is 12.1 Å². The van der Waals surface area contributed by atoms with Crippen LogP contribution in [0.4, 0.5) is 30.5 Å². The molecule has 12 heteroatoms. The minimum atomic E-state index is -5.08. The van der Waals surface area contributed by atoms with Gasteiger partial charge in [-0.2, -0.15) is 13.2 Å². The highest BCUT2D eigenvalue weighted by Crippen LogP contribution is 2.35. The van der Waals surface area contributed by atoms with E-state index in [4.69, 9.17) is 25.0 Å². The number of carbonyl (C=O) groups excluding carboxylic acids is 1. The first-order valence-corrected chi connectivity index (χ1v) is 13.6. The molecule has 5 N–H and O–H groups in total. The number of carboxylic acid groups (broad SMARTS) is 1. The summed E-state index contributed by atoms with van der Waals surface area (Å²) < 4.78 is 37.9. The molecule has 4 aromatic carbocycles. The second-order valence-corrected chi connectivity index (χ2v) is 9.74. The van der Waals surface area contributed by atoms with Gasteiger partial charge in [0.2, 0.25) is 5.95 Å². The third-order valence-corrected chi connectivity index (χ3v) is 6.60. The maximum Gasteiger partial charge on any atom is 0.490 e. The van der Waals surface area contributed by atoms with Crippen LogP contribution < -0.4 is 16.4 Å². The first kappa shape index (κ1) is 30.7. The molecule has 0 fully saturated rings. The fourth-order valence-corrected chi connectivity index (χ4v) is 4.52. The van der Waals surface area contributed by atoms with Gasteiger partial charge < -0.3 is 25.9 Å². The van der Waals surface area contributed by atoms with Crippen LogP contribution in [0.1, 0.15) is 15.9 Å². The summed E-state index contributed by atoms with van der Waals surface area (Å²) in [5.74, 6) is -2.46. The number of hydrogen-bond donors (Lipinski definition) is 4. The highest BCUT2D eigenvalue weighted by atomic mass is 19.4. The number of alkyl halides is 3. The summed E-state index contributed by atoms with van der Waals surface area (Å²) >= 11 is 0.